The number of carboxylic acids is 1. The van der Waals surface area contributed by atoms with Crippen LogP contribution < -0.4 is 5.32 Å². The molecular weight excluding hydrogens is 370 g/mol. The number of hydrogen-bond acceptors (Lipinski definition) is 4. The van der Waals surface area contributed by atoms with Gasteiger partial charge in [0.25, 0.3) is 0 Å². The molecule has 0 saturated carbocycles. The molecule has 3 rings (SSSR count). The van der Waals surface area contributed by atoms with Gasteiger partial charge in [-0.1, -0.05) is 30.4 Å². The van der Waals surface area contributed by atoms with Crippen LogP contribution in [0.1, 0.15) is 38.5 Å². The number of amides is 2. The van der Waals surface area contributed by atoms with Crippen LogP contribution in [0.15, 0.2) is 47.6 Å². The minimum Gasteiger partial charge on any atom is -0.481 e. The number of carboxylic acid groups (broad SMARTS) is 1. The van der Waals surface area contributed by atoms with Crippen LogP contribution in [-0.2, 0) is 9.53 Å². The number of urea groups is 1. The Balaban J connectivity index is 1.51. The lowest BCUT2D eigenvalue weighted by atomic mass is 9.78. The summed E-state index contributed by atoms with van der Waals surface area (Å²) in [6.07, 6.45) is 11.1. The molecule has 2 fully saturated rings. The molecule has 2 aliphatic rings. The van der Waals surface area contributed by atoms with Gasteiger partial charge in [-0.15, -0.1) is 0 Å². The number of ether oxygens (including phenoxy) is 1. The molecule has 2 N–H and O–H groups in total. The number of fused-ring (bicyclic) bond motifs is 2. The molecule has 2 aliphatic heterocycles. The van der Waals surface area contributed by atoms with Crippen LogP contribution in [-0.4, -0.2) is 47.6 Å². The van der Waals surface area contributed by atoms with Crippen LogP contribution in [0.25, 0.3) is 0 Å². The maximum Gasteiger partial charge on any atom is 0.341 e. The van der Waals surface area contributed by atoms with Crippen molar-refractivity contribution < 1.29 is 19.4 Å². The molecule has 0 aromatic heterocycles. The number of aliphatic carboxylic acids is 1. The van der Waals surface area contributed by atoms with Crippen LogP contribution in [0.4, 0.5) is 10.5 Å². The Morgan fingerprint density at radius 2 is 2.00 bits per heavy atom. The highest BCUT2D eigenvalue weighted by Crippen LogP contribution is 2.44. The molecule has 2 saturated heterocycles. The summed E-state index contributed by atoms with van der Waals surface area (Å²) in [5, 5.41) is 17.2. The molecule has 0 spiro atoms. The number of allylic oxidation sites excluding steroid dienone is 2. The third-order valence-electron chi connectivity index (χ3n) is 5.55. The zero-order valence-corrected chi connectivity index (χ0v) is 16.7. The first-order valence-corrected chi connectivity index (χ1v) is 10.2. The van der Waals surface area contributed by atoms with E-state index in [0.29, 0.717) is 12.3 Å². The van der Waals surface area contributed by atoms with Gasteiger partial charge in [-0.25, -0.2) is 9.80 Å². The van der Waals surface area contributed by atoms with Gasteiger partial charge < -0.3 is 15.2 Å². The second-order valence-corrected chi connectivity index (χ2v) is 7.61. The standard InChI is InChI=1S/C22H29N3O4/c1-25(22(28)24-16-9-5-4-6-10-16)23-15-18-17(19-13-14-20(18)29-19)11-7-2-3-8-12-21(26)27/h2,4-7,9-10,15,17-20H,3,8,11-14H2,1H3,(H,24,28)(H,26,27)/b7-2-,23-15?/t17-,18-,19-,20+/m1/s1. The Labute approximate surface area is 171 Å². The fourth-order valence-electron chi connectivity index (χ4n) is 4.02. The Morgan fingerprint density at radius 1 is 1.24 bits per heavy atom. The van der Waals surface area contributed by atoms with Crippen LogP contribution in [0.3, 0.4) is 0 Å². The normalized spacial score (nSPS) is 25.7. The second kappa shape index (κ2) is 10.2. The van der Waals surface area contributed by atoms with Crippen LogP contribution >= 0.6 is 0 Å². The maximum absolute atomic E-state index is 12.3. The van der Waals surface area contributed by atoms with Gasteiger partial charge in [0.2, 0.25) is 0 Å². The lowest BCUT2D eigenvalue weighted by molar-refractivity contribution is -0.137. The van der Waals surface area contributed by atoms with Crippen molar-refractivity contribution in [2.24, 2.45) is 16.9 Å². The number of rotatable bonds is 9. The number of para-hydroxylation sites is 1. The van der Waals surface area contributed by atoms with Crippen molar-refractivity contribution in [1.82, 2.24) is 5.01 Å². The summed E-state index contributed by atoms with van der Waals surface area (Å²) in [7, 11) is 1.64. The van der Waals surface area contributed by atoms with E-state index in [4.69, 9.17) is 9.84 Å². The highest BCUT2D eigenvalue weighted by Gasteiger charge is 2.47. The minimum absolute atomic E-state index is 0.166. The molecule has 29 heavy (non-hydrogen) atoms. The quantitative estimate of drug-likeness (QED) is 0.283. The molecule has 7 heteroatoms. The van der Waals surface area contributed by atoms with Gasteiger partial charge in [0.1, 0.15) is 0 Å². The van der Waals surface area contributed by atoms with E-state index < -0.39 is 5.97 Å². The molecule has 4 atom stereocenters. The van der Waals surface area contributed by atoms with Crippen molar-refractivity contribution in [3.8, 4) is 0 Å². The fraction of sp³-hybridized carbons (Fsp3) is 0.500. The summed E-state index contributed by atoms with van der Waals surface area (Å²) >= 11 is 0. The van der Waals surface area contributed by atoms with Crippen molar-refractivity contribution in [2.45, 2.75) is 50.7 Å². The Kier molecular flexibility index (Phi) is 7.41. The van der Waals surface area contributed by atoms with E-state index in [1.807, 2.05) is 36.5 Å². The number of benzene rings is 1. The van der Waals surface area contributed by atoms with E-state index >= 15 is 0 Å². The van der Waals surface area contributed by atoms with Gasteiger partial charge in [-0.2, -0.15) is 5.10 Å². The smallest absolute Gasteiger partial charge is 0.341 e. The fourth-order valence-corrected chi connectivity index (χ4v) is 4.02. The Hall–Kier alpha value is -2.67. The third kappa shape index (κ3) is 5.90. The van der Waals surface area contributed by atoms with Gasteiger partial charge in [0.15, 0.2) is 0 Å². The summed E-state index contributed by atoms with van der Waals surface area (Å²) in [5.74, 6) is -0.222. The third-order valence-corrected chi connectivity index (χ3v) is 5.55. The largest absolute Gasteiger partial charge is 0.481 e. The molecule has 0 unspecified atom stereocenters. The highest BCUT2D eigenvalue weighted by atomic mass is 16.5. The summed E-state index contributed by atoms with van der Waals surface area (Å²) in [6, 6.07) is 9.01. The first-order valence-electron chi connectivity index (χ1n) is 10.2. The number of anilines is 1. The predicted molar refractivity (Wildman–Crippen MR) is 112 cm³/mol. The van der Waals surface area contributed by atoms with Crippen LogP contribution in [0, 0.1) is 11.8 Å². The number of nitrogens with one attached hydrogen (secondary N) is 1. The van der Waals surface area contributed by atoms with Crippen LogP contribution in [0.5, 0.6) is 0 Å². The van der Waals surface area contributed by atoms with Gasteiger partial charge in [0, 0.05) is 31.3 Å². The van der Waals surface area contributed by atoms with Crippen molar-refractivity contribution >= 4 is 23.9 Å². The molecule has 1 aromatic carbocycles. The zero-order valence-electron chi connectivity index (χ0n) is 16.7. The molecule has 2 amide bonds. The molecular formula is C22H29N3O4. The molecule has 7 nitrogen and oxygen atoms in total. The maximum atomic E-state index is 12.3. The second-order valence-electron chi connectivity index (χ2n) is 7.61. The van der Waals surface area contributed by atoms with Crippen molar-refractivity contribution in [3.63, 3.8) is 0 Å². The number of unbranched alkanes of at least 4 members (excludes halogenated alkanes) is 1. The number of carbonyl (C=O) groups excluding carboxylic acids is 1. The molecule has 2 heterocycles. The van der Waals surface area contributed by atoms with Crippen molar-refractivity contribution in [3.05, 3.63) is 42.5 Å². The number of nitrogens with zero attached hydrogens (tertiary/aromatic N) is 2. The SMILES string of the molecule is CN(N=C[C@@H]1[C@@H](C/C=C\CCCC(=O)O)[C@H]2CC[C@@H]1O2)C(=O)Nc1ccccc1. The Morgan fingerprint density at radius 3 is 2.76 bits per heavy atom. The average molecular weight is 399 g/mol. The average Bonchev–Trinajstić information content (AvgIpc) is 3.31. The van der Waals surface area contributed by atoms with Crippen LogP contribution in [0.2, 0.25) is 0 Å². The van der Waals surface area contributed by atoms with Crippen molar-refractivity contribution in [1.29, 1.82) is 0 Å². The summed E-state index contributed by atoms with van der Waals surface area (Å²) in [4.78, 5) is 22.9. The van der Waals surface area contributed by atoms with E-state index in [-0.39, 0.29) is 30.6 Å². The zero-order chi connectivity index (χ0) is 20.6. The molecule has 1 aromatic rings. The highest BCUT2D eigenvalue weighted by molar-refractivity contribution is 5.89. The lowest BCUT2D eigenvalue weighted by Gasteiger charge is -2.24. The first kappa shape index (κ1) is 21.0. The first-order chi connectivity index (χ1) is 14.0. The van der Waals surface area contributed by atoms with Crippen molar-refractivity contribution in [2.75, 3.05) is 12.4 Å². The predicted octanol–water partition coefficient (Wildman–Crippen LogP) is 4.13. The monoisotopic (exact) mass is 399 g/mol. The molecule has 156 valence electrons. The number of hydrogen-bond donors (Lipinski definition) is 2. The number of carbonyl (C=O) groups is 2. The summed E-state index contributed by atoms with van der Waals surface area (Å²) in [5.41, 5.74) is 0.730. The molecule has 0 radical (unpaired) electrons. The van der Waals surface area contributed by atoms with E-state index in [2.05, 4.69) is 22.6 Å². The van der Waals surface area contributed by atoms with Gasteiger partial charge in [-0.05, 0) is 50.2 Å². The molecule has 2 bridgehead atoms. The number of hydrazone groups is 1. The van der Waals surface area contributed by atoms with Gasteiger partial charge in [0.05, 0.1) is 12.2 Å². The van der Waals surface area contributed by atoms with E-state index in [9.17, 15) is 9.59 Å². The van der Waals surface area contributed by atoms with E-state index in [1.165, 1.54) is 5.01 Å². The molecule has 0 aliphatic carbocycles. The minimum atomic E-state index is -0.753. The summed E-state index contributed by atoms with van der Waals surface area (Å²) < 4.78 is 6.07. The van der Waals surface area contributed by atoms with Gasteiger partial charge >= 0.3 is 12.0 Å². The van der Waals surface area contributed by atoms with Gasteiger partial charge in [-0.3, -0.25) is 4.79 Å². The van der Waals surface area contributed by atoms with E-state index in [0.717, 1.165) is 31.4 Å². The summed E-state index contributed by atoms with van der Waals surface area (Å²) in [6.45, 7) is 0. The topological polar surface area (TPSA) is 91.2 Å². The van der Waals surface area contributed by atoms with E-state index in [1.54, 1.807) is 7.05 Å². The lowest BCUT2D eigenvalue weighted by Crippen LogP contribution is -2.31. The Bertz CT molecular complexity index is 750.